The average molecular weight is 388 g/mol. The molecule has 0 bridgehead atoms. The number of nitrogens with zero attached hydrogens (tertiary/aromatic N) is 2. The Bertz CT molecular complexity index is 949. The van der Waals surface area contributed by atoms with Gasteiger partial charge in [-0.2, -0.15) is 0 Å². The maximum absolute atomic E-state index is 12.7. The third-order valence-electron chi connectivity index (χ3n) is 4.42. The van der Waals surface area contributed by atoms with Gasteiger partial charge in [0.15, 0.2) is 0 Å². The molecule has 3 rings (SSSR count). The van der Waals surface area contributed by atoms with Crippen molar-refractivity contribution in [3.05, 3.63) is 59.3 Å². The van der Waals surface area contributed by atoms with Crippen molar-refractivity contribution < 1.29 is 27.0 Å². The number of hydrogen-bond acceptors (Lipinski definition) is 4. The van der Waals surface area contributed by atoms with Crippen LogP contribution in [0.5, 0.6) is 5.75 Å². The number of phenolic OH excluding ortho intramolecular Hbond substituents is 1. The van der Waals surface area contributed by atoms with Gasteiger partial charge >= 0.3 is 5.97 Å². The molecule has 0 aliphatic carbocycles. The van der Waals surface area contributed by atoms with E-state index in [4.69, 9.17) is 4.74 Å². The van der Waals surface area contributed by atoms with Crippen LogP contribution < -0.4 is 12.4 Å². The number of benzene rings is 2. The minimum Gasteiger partial charge on any atom is -1.00 e. The largest absolute Gasteiger partial charge is 1.00 e. The third kappa shape index (κ3) is 3.80. The average Bonchev–Trinajstić information content (AvgIpc) is 2.90. The molecule has 0 saturated carbocycles. The fourth-order valence-electron chi connectivity index (χ4n) is 3.40. The minimum atomic E-state index is -0.365. The van der Waals surface area contributed by atoms with Crippen molar-refractivity contribution in [2.75, 3.05) is 20.7 Å². The Kier molecular flexibility index (Phi) is 6.52. The number of carbonyl (C=O) groups excluding carboxylic acids is 1. The van der Waals surface area contributed by atoms with Gasteiger partial charge in [0, 0.05) is 28.9 Å². The molecule has 5 nitrogen and oxygen atoms in total. The molecular weight excluding hydrogens is 364 g/mol. The van der Waals surface area contributed by atoms with E-state index in [1.165, 1.54) is 0 Å². The summed E-state index contributed by atoms with van der Waals surface area (Å²) in [6.07, 6.45) is 0. The van der Waals surface area contributed by atoms with E-state index in [2.05, 4.69) is 0 Å². The summed E-state index contributed by atoms with van der Waals surface area (Å²) in [6, 6.07) is 13.4. The number of hydrogen-bond donors (Lipinski definition) is 1. The first-order valence-corrected chi connectivity index (χ1v) is 8.68. The Morgan fingerprint density at radius 3 is 2.41 bits per heavy atom. The van der Waals surface area contributed by atoms with Gasteiger partial charge in [-0.15, -0.1) is 0 Å². The van der Waals surface area contributed by atoms with Crippen molar-refractivity contribution >= 4 is 16.9 Å². The van der Waals surface area contributed by atoms with Gasteiger partial charge in [-0.3, -0.25) is 0 Å². The van der Waals surface area contributed by atoms with E-state index in [9.17, 15) is 9.90 Å². The molecule has 0 radical (unpaired) electrons. The summed E-state index contributed by atoms with van der Waals surface area (Å²) in [7, 11) is 3.87. The minimum absolute atomic E-state index is 0. The molecule has 3 aromatic rings. The van der Waals surface area contributed by atoms with Crippen LogP contribution in [0.1, 0.15) is 28.5 Å². The van der Waals surface area contributed by atoms with E-state index in [0.29, 0.717) is 18.7 Å². The summed E-state index contributed by atoms with van der Waals surface area (Å²) in [5.41, 5.74) is 3.89. The molecule has 0 spiro atoms. The molecule has 0 aliphatic heterocycles. The summed E-state index contributed by atoms with van der Waals surface area (Å²) in [5.74, 6) is -0.183. The second-order valence-electron chi connectivity index (χ2n) is 6.55. The Morgan fingerprint density at radius 2 is 1.81 bits per heavy atom. The zero-order valence-electron chi connectivity index (χ0n) is 16.0. The molecule has 0 fully saturated rings. The monoisotopic (exact) mass is 387 g/mol. The van der Waals surface area contributed by atoms with Crippen LogP contribution in [0.4, 0.5) is 0 Å². The molecule has 0 atom stereocenters. The number of fused-ring (bicyclic) bond motifs is 1. The van der Waals surface area contributed by atoms with Gasteiger partial charge in [0.25, 0.3) is 0 Å². The second-order valence-corrected chi connectivity index (χ2v) is 6.55. The normalized spacial score (nSPS) is 10.9. The molecule has 0 saturated heterocycles. The van der Waals surface area contributed by atoms with Crippen molar-refractivity contribution in [3.8, 4) is 11.4 Å². The number of carbonyl (C=O) groups is 1. The fraction of sp³-hybridized carbons (Fsp3) is 0.286. The zero-order chi connectivity index (χ0) is 18.8. The number of aromatic hydroxyl groups is 1. The van der Waals surface area contributed by atoms with E-state index in [-0.39, 0.29) is 24.1 Å². The Labute approximate surface area is 165 Å². The highest BCUT2D eigenvalue weighted by Gasteiger charge is 2.25. The topological polar surface area (TPSA) is 54.7 Å². The summed E-state index contributed by atoms with van der Waals surface area (Å²) >= 11 is 0. The van der Waals surface area contributed by atoms with Gasteiger partial charge < -0.3 is 31.7 Å². The van der Waals surface area contributed by atoms with Gasteiger partial charge in [0.1, 0.15) is 5.75 Å². The van der Waals surface area contributed by atoms with Gasteiger partial charge in [-0.1, -0.05) is 18.2 Å². The lowest BCUT2D eigenvalue weighted by Crippen LogP contribution is -3.00. The van der Waals surface area contributed by atoms with E-state index >= 15 is 0 Å². The van der Waals surface area contributed by atoms with Crippen LogP contribution in [0.25, 0.3) is 16.6 Å². The zero-order valence-corrected chi connectivity index (χ0v) is 16.7. The van der Waals surface area contributed by atoms with E-state index < -0.39 is 0 Å². The number of para-hydroxylation sites is 1. The molecule has 2 aromatic carbocycles. The number of halogens is 1. The molecular formula is C21H24ClN2O3-. The van der Waals surface area contributed by atoms with E-state index in [1.807, 2.05) is 66.9 Å². The van der Waals surface area contributed by atoms with Gasteiger partial charge in [0.2, 0.25) is 0 Å². The van der Waals surface area contributed by atoms with Crippen LogP contribution in [0.2, 0.25) is 0 Å². The van der Waals surface area contributed by atoms with Crippen LogP contribution in [0, 0.1) is 6.92 Å². The summed E-state index contributed by atoms with van der Waals surface area (Å²) in [4.78, 5) is 14.7. The van der Waals surface area contributed by atoms with Crippen LogP contribution >= 0.6 is 0 Å². The van der Waals surface area contributed by atoms with Crippen LogP contribution in [0.15, 0.2) is 42.5 Å². The van der Waals surface area contributed by atoms with Crippen LogP contribution in [0.3, 0.4) is 0 Å². The predicted molar refractivity (Wildman–Crippen MR) is 103 cm³/mol. The molecule has 1 N–H and O–H groups in total. The highest BCUT2D eigenvalue weighted by Crippen LogP contribution is 2.36. The summed E-state index contributed by atoms with van der Waals surface area (Å²) in [6.45, 7) is 4.53. The van der Waals surface area contributed by atoms with Crippen LogP contribution in [-0.2, 0) is 11.3 Å². The quantitative estimate of drug-likeness (QED) is 0.660. The summed E-state index contributed by atoms with van der Waals surface area (Å²) < 4.78 is 7.36. The number of ether oxygens (including phenoxy) is 1. The van der Waals surface area contributed by atoms with Crippen molar-refractivity contribution in [1.82, 2.24) is 9.47 Å². The maximum atomic E-state index is 12.7. The smallest absolute Gasteiger partial charge is 0.340 e. The maximum Gasteiger partial charge on any atom is 0.340 e. The molecule has 1 aromatic heterocycles. The molecule has 6 heteroatoms. The van der Waals surface area contributed by atoms with Crippen molar-refractivity contribution in [3.63, 3.8) is 0 Å². The number of rotatable bonds is 5. The Hall–Kier alpha value is -2.50. The lowest BCUT2D eigenvalue weighted by molar-refractivity contribution is -0.0000248. The Balaban J connectivity index is 0.00000261. The SMILES string of the molecule is CCOC(=O)c1c(C)n(-c2ccccc2)c2ccc(O)c(CN(C)C)c12.[Cl-]. The van der Waals surface area contributed by atoms with Crippen molar-refractivity contribution in [2.24, 2.45) is 0 Å². The number of esters is 1. The van der Waals surface area contributed by atoms with Crippen molar-refractivity contribution in [2.45, 2.75) is 20.4 Å². The molecule has 27 heavy (non-hydrogen) atoms. The standard InChI is InChI=1S/C21H24N2O3.ClH/c1-5-26-21(25)19-14(2)23(15-9-7-6-8-10-15)17-11-12-18(24)16(20(17)19)13-22(3)4;/h6-12,24H,5,13H2,1-4H3;1H/p-1. The third-order valence-corrected chi connectivity index (χ3v) is 4.42. The number of phenols is 1. The fourth-order valence-corrected chi connectivity index (χ4v) is 3.40. The lowest BCUT2D eigenvalue weighted by Gasteiger charge is -2.14. The first-order chi connectivity index (χ1) is 12.5. The molecule has 0 amide bonds. The predicted octanol–water partition coefficient (Wildman–Crippen LogP) is 0.887. The van der Waals surface area contributed by atoms with Gasteiger partial charge in [-0.05, 0) is 52.2 Å². The number of aromatic nitrogens is 1. The second kappa shape index (κ2) is 8.46. The molecule has 0 aliphatic rings. The van der Waals surface area contributed by atoms with E-state index in [0.717, 1.165) is 27.8 Å². The highest BCUT2D eigenvalue weighted by molar-refractivity contribution is 6.08. The van der Waals surface area contributed by atoms with Gasteiger partial charge in [0.05, 0.1) is 17.7 Å². The molecule has 0 unspecified atom stereocenters. The highest BCUT2D eigenvalue weighted by atomic mass is 35.5. The lowest BCUT2D eigenvalue weighted by atomic mass is 10.0. The molecule has 144 valence electrons. The van der Waals surface area contributed by atoms with Crippen molar-refractivity contribution in [1.29, 1.82) is 0 Å². The first kappa shape index (κ1) is 20.8. The first-order valence-electron chi connectivity index (χ1n) is 8.68. The summed E-state index contributed by atoms with van der Waals surface area (Å²) in [5, 5.41) is 11.2. The van der Waals surface area contributed by atoms with Crippen LogP contribution in [-0.4, -0.2) is 41.2 Å². The van der Waals surface area contributed by atoms with Gasteiger partial charge in [-0.25, -0.2) is 4.79 Å². The van der Waals surface area contributed by atoms with E-state index in [1.54, 1.807) is 13.0 Å². The Morgan fingerprint density at radius 1 is 1.15 bits per heavy atom. The molecule has 1 heterocycles.